The second-order valence-corrected chi connectivity index (χ2v) is 8.71. The van der Waals surface area contributed by atoms with Crippen LogP contribution in [-0.4, -0.2) is 46.6 Å². The summed E-state index contributed by atoms with van der Waals surface area (Å²) in [5.41, 5.74) is 5.90. The molecule has 2 saturated heterocycles. The van der Waals surface area contributed by atoms with Crippen molar-refractivity contribution >= 4 is 16.7 Å². The molecule has 3 atom stereocenters. The number of rotatable bonds is 3. The Morgan fingerprint density at radius 3 is 2.61 bits per heavy atom. The Labute approximate surface area is 178 Å². The van der Waals surface area contributed by atoms with E-state index < -0.39 is 0 Å². The number of aromatic amines is 2. The van der Waals surface area contributed by atoms with E-state index in [2.05, 4.69) is 42.5 Å². The standard InChI is InChI=1S/C23H22N8/c1-4-19(21-24-7-8-25-21)27-11-13(1)18-12-28-31-22-17(5-6-26-22)20(30-23(18)31)14-9-15-2-3-16(10-14)29-15/h1,4-8,11-12,14-16,26,29H,2-3,9-10H2,(H,24,25)/t14?,15-,16+. The van der Waals surface area contributed by atoms with Crippen LogP contribution in [-0.2, 0) is 0 Å². The number of H-pyrrole nitrogens is 2. The lowest BCUT2D eigenvalue weighted by Gasteiger charge is -2.29. The van der Waals surface area contributed by atoms with E-state index in [-0.39, 0.29) is 0 Å². The van der Waals surface area contributed by atoms with Crippen LogP contribution in [0.4, 0.5) is 0 Å². The van der Waals surface area contributed by atoms with Crippen LogP contribution in [0.15, 0.2) is 49.2 Å². The van der Waals surface area contributed by atoms with E-state index in [0.29, 0.717) is 18.0 Å². The molecule has 8 heteroatoms. The van der Waals surface area contributed by atoms with E-state index in [1.54, 1.807) is 12.4 Å². The largest absolute Gasteiger partial charge is 0.346 e. The van der Waals surface area contributed by atoms with Gasteiger partial charge in [-0.05, 0) is 37.8 Å². The summed E-state index contributed by atoms with van der Waals surface area (Å²) in [4.78, 5) is 20.6. The van der Waals surface area contributed by atoms with Gasteiger partial charge in [-0.3, -0.25) is 4.98 Å². The van der Waals surface area contributed by atoms with Gasteiger partial charge in [0.05, 0.1) is 11.9 Å². The van der Waals surface area contributed by atoms with Crippen LogP contribution in [0.25, 0.3) is 39.3 Å². The zero-order chi connectivity index (χ0) is 20.4. The molecule has 5 aromatic rings. The summed E-state index contributed by atoms with van der Waals surface area (Å²) >= 11 is 0. The Bertz CT molecular complexity index is 1370. The van der Waals surface area contributed by atoms with Crippen LogP contribution in [0.5, 0.6) is 0 Å². The molecule has 3 N–H and O–H groups in total. The van der Waals surface area contributed by atoms with Crippen molar-refractivity contribution in [3.8, 4) is 22.6 Å². The third-order valence-corrected chi connectivity index (χ3v) is 6.86. The van der Waals surface area contributed by atoms with Gasteiger partial charge in [0.2, 0.25) is 0 Å². The van der Waals surface area contributed by atoms with E-state index in [4.69, 9.17) is 4.98 Å². The molecule has 8 nitrogen and oxygen atoms in total. The zero-order valence-corrected chi connectivity index (χ0v) is 16.9. The highest BCUT2D eigenvalue weighted by Gasteiger charge is 2.35. The van der Waals surface area contributed by atoms with E-state index in [0.717, 1.165) is 46.8 Å². The summed E-state index contributed by atoms with van der Waals surface area (Å²) in [5.74, 6) is 1.24. The highest BCUT2D eigenvalue weighted by molar-refractivity contribution is 5.86. The lowest BCUT2D eigenvalue weighted by Crippen LogP contribution is -2.37. The quantitative estimate of drug-likeness (QED) is 0.422. The fraction of sp³-hybridized carbons (Fsp3) is 0.304. The van der Waals surface area contributed by atoms with Gasteiger partial charge in [0.15, 0.2) is 11.5 Å². The number of nitrogens with zero attached hydrogens (tertiary/aromatic N) is 5. The minimum absolute atomic E-state index is 0.476. The molecule has 2 aliphatic heterocycles. The van der Waals surface area contributed by atoms with Crippen LogP contribution in [0.1, 0.15) is 37.3 Å². The first-order valence-corrected chi connectivity index (χ1v) is 10.9. The van der Waals surface area contributed by atoms with Crippen molar-refractivity contribution in [3.63, 3.8) is 0 Å². The van der Waals surface area contributed by atoms with Crippen molar-refractivity contribution < 1.29 is 0 Å². The van der Waals surface area contributed by atoms with Crippen LogP contribution in [0.2, 0.25) is 0 Å². The molecule has 0 saturated carbocycles. The number of fused-ring (bicyclic) bond motifs is 5. The molecule has 0 aliphatic carbocycles. The topological polar surface area (TPSA) is 99.6 Å². The predicted octanol–water partition coefficient (Wildman–Crippen LogP) is 3.66. The van der Waals surface area contributed by atoms with Crippen molar-refractivity contribution in [1.82, 2.24) is 39.9 Å². The number of imidazole rings is 1. The van der Waals surface area contributed by atoms with Gasteiger partial charge < -0.3 is 15.3 Å². The van der Waals surface area contributed by atoms with Crippen molar-refractivity contribution in [2.75, 3.05) is 0 Å². The zero-order valence-electron chi connectivity index (χ0n) is 16.9. The SMILES string of the molecule is c1c[nH]c(-c2ccc(-c3cnn4c3nc(C3C[C@H]5CC[C@@H](C3)N5)c3cc[nH]c34)cn2)n1. The van der Waals surface area contributed by atoms with Crippen molar-refractivity contribution in [1.29, 1.82) is 0 Å². The number of nitrogens with one attached hydrogen (secondary N) is 3. The monoisotopic (exact) mass is 410 g/mol. The second-order valence-electron chi connectivity index (χ2n) is 8.71. The number of pyridine rings is 1. The molecule has 31 heavy (non-hydrogen) atoms. The maximum atomic E-state index is 5.21. The van der Waals surface area contributed by atoms with Crippen LogP contribution in [0.3, 0.4) is 0 Å². The third-order valence-electron chi connectivity index (χ3n) is 6.86. The molecule has 154 valence electrons. The molecule has 5 aromatic heterocycles. The molecule has 0 radical (unpaired) electrons. The first-order chi connectivity index (χ1) is 15.3. The van der Waals surface area contributed by atoms with Gasteiger partial charge >= 0.3 is 0 Å². The predicted molar refractivity (Wildman–Crippen MR) is 118 cm³/mol. The Morgan fingerprint density at radius 2 is 1.84 bits per heavy atom. The van der Waals surface area contributed by atoms with E-state index >= 15 is 0 Å². The first-order valence-electron chi connectivity index (χ1n) is 10.9. The molecule has 0 aromatic carbocycles. The summed E-state index contributed by atoms with van der Waals surface area (Å²) in [6.45, 7) is 0. The Hall–Kier alpha value is -3.52. The second kappa shape index (κ2) is 6.49. The smallest absolute Gasteiger partial charge is 0.165 e. The Kier molecular flexibility index (Phi) is 3.60. The maximum Gasteiger partial charge on any atom is 0.165 e. The van der Waals surface area contributed by atoms with E-state index in [9.17, 15) is 0 Å². The summed E-state index contributed by atoms with van der Waals surface area (Å²) in [7, 11) is 0. The molecular formula is C23H22N8. The van der Waals surface area contributed by atoms with Gasteiger partial charge in [0, 0.05) is 59.3 Å². The van der Waals surface area contributed by atoms with Gasteiger partial charge in [-0.1, -0.05) is 6.07 Å². The summed E-state index contributed by atoms with van der Waals surface area (Å²) in [5, 5.41) is 9.59. The van der Waals surface area contributed by atoms with E-state index in [1.165, 1.54) is 23.9 Å². The number of hydrogen-bond donors (Lipinski definition) is 3. The highest BCUT2D eigenvalue weighted by Crippen LogP contribution is 2.39. The maximum absolute atomic E-state index is 5.21. The molecule has 7 heterocycles. The van der Waals surface area contributed by atoms with Crippen LogP contribution in [0, 0.1) is 0 Å². The molecule has 2 aliphatic rings. The molecule has 7 rings (SSSR count). The van der Waals surface area contributed by atoms with Gasteiger partial charge in [0.25, 0.3) is 0 Å². The Balaban J connectivity index is 1.36. The molecule has 2 bridgehead atoms. The lowest BCUT2D eigenvalue weighted by atomic mass is 9.88. The average Bonchev–Trinajstić information content (AvgIpc) is 3.59. The van der Waals surface area contributed by atoms with Gasteiger partial charge in [-0.25, -0.2) is 9.97 Å². The third kappa shape index (κ3) is 2.64. The van der Waals surface area contributed by atoms with Crippen LogP contribution < -0.4 is 5.32 Å². The fourth-order valence-electron chi connectivity index (χ4n) is 5.42. The molecule has 2 fully saturated rings. The normalized spacial score (nSPS) is 23.2. The van der Waals surface area contributed by atoms with Crippen molar-refractivity contribution in [2.24, 2.45) is 0 Å². The molecular weight excluding hydrogens is 388 g/mol. The van der Waals surface area contributed by atoms with Crippen LogP contribution >= 0.6 is 0 Å². The van der Waals surface area contributed by atoms with Gasteiger partial charge in [-0.2, -0.15) is 9.61 Å². The van der Waals surface area contributed by atoms with Gasteiger partial charge in [0.1, 0.15) is 11.3 Å². The van der Waals surface area contributed by atoms with Crippen molar-refractivity contribution in [3.05, 3.63) is 54.9 Å². The van der Waals surface area contributed by atoms with E-state index in [1.807, 2.05) is 29.2 Å². The average molecular weight is 410 g/mol. The van der Waals surface area contributed by atoms with Gasteiger partial charge in [-0.15, -0.1) is 0 Å². The fourth-order valence-corrected chi connectivity index (χ4v) is 5.42. The summed E-state index contributed by atoms with van der Waals surface area (Å²) in [6, 6.07) is 7.43. The summed E-state index contributed by atoms with van der Waals surface area (Å²) in [6.07, 6.45) is 14.2. The molecule has 0 amide bonds. The minimum atomic E-state index is 0.476. The Morgan fingerprint density at radius 1 is 0.935 bits per heavy atom. The number of aromatic nitrogens is 7. The number of piperidine rings is 1. The minimum Gasteiger partial charge on any atom is -0.346 e. The first kappa shape index (κ1) is 17.2. The molecule has 0 spiro atoms. The highest BCUT2D eigenvalue weighted by atomic mass is 15.3. The number of hydrogen-bond acceptors (Lipinski definition) is 5. The van der Waals surface area contributed by atoms with Crippen molar-refractivity contribution in [2.45, 2.75) is 43.7 Å². The lowest BCUT2D eigenvalue weighted by molar-refractivity contribution is 0.360. The molecule has 1 unspecified atom stereocenters. The summed E-state index contributed by atoms with van der Waals surface area (Å²) < 4.78 is 1.92.